The lowest BCUT2D eigenvalue weighted by Gasteiger charge is -2.25. The van der Waals surface area contributed by atoms with Crippen molar-refractivity contribution in [1.82, 2.24) is 0 Å². The fourth-order valence-electron chi connectivity index (χ4n) is 3.05. The van der Waals surface area contributed by atoms with Gasteiger partial charge in [0.2, 0.25) is 5.88 Å². The fourth-order valence-corrected chi connectivity index (χ4v) is 3.18. The first kappa shape index (κ1) is 15.3. The van der Waals surface area contributed by atoms with Crippen molar-refractivity contribution in [2.24, 2.45) is 5.73 Å². The highest BCUT2D eigenvalue weighted by atomic mass is 35.5. The maximum atomic E-state index is 12.7. The number of allylic oxidation sites excluding steroid dienone is 1. The van der Waals surface area contributed by atoms with Crippen LogP contribution in [0.25, 0.3) is 11.0 Å². The van der Waals surface area contributed by atoms with Gasteiger partial charge < -0.3 is 14.9 Å². The van der Waals surface area contributed by atoms with Crippen LogP contribution < -0.4 is 16.1 Å². The average molecular weight is 351 g/mol. The number of benzene rings is 2. The molecule has 0 saturated carbocycles. The number of hydrogen-bond acceptors (Lipinski definition) is 5. The summed E-state index contributed by atoms with van der Waals surface area (Å²) in [5.74, 6) is -0.374. The second-order valence-electron chi connectivity index (χ2n) is 5.60. The molecule has 0 unspecified atom stereocenters. The third kappa shape index (κ3) is 2.35. The van der Waals surface area contributed by atoms with E-state index in [2.05, 4.69) is 0 Å². The maximum absolute atomic E-state index is 12.7. The Kier molecular flexibility index (Phi) is 3.48. The number of rotatable bonds is 1. The largest absolute Gasteiger partial charge is 0.439 e. The molecule has 2 N–H and O–H groups in total. The van der Waals surface area contributed by atoms with E-state index >= 15 is 0 Å². The zero-order valence-electron chi connectivity index (χ0n) is 12.8. The summed E-state index contributed by atoms with van der Waals surface area (Å²) in [5.41, 5.74) is 6.94. The van der Waals surface area contributed by atoms with E-state index in [1.165, 1.54) is 0 Å². The van der Waals surface area contributed by atoms with Crippen molar-refractivity contribution in [3.8, 4) is 11.8 Å². The molecule has 0 saturated heterocycles. The van der Waals surface area contributed by atoms with E-state index in [1.807, 2.05) is 12.1 Å². The van der Waals surface area contributed by atoms with E-state index in [0.29, 0.717) is 27.3 Å². The van der Waals surface area contributed by atoms with Gasteiger partial charge in [-0.05, 0) is 29.8 Å². The minimum absolute atomic E-state index is 0.0225. The Bertz CT molecular complexity index is 1120. The molecule has 122 valence electrons. The summed E-state index contributed by atoms with van der Waals surface area (Å²) in [5, 5.41) is 10.7. The Morgan fingerprint density at radius 1 is 1.12 bits per heavy atom. The monoisotopic (exact) mass is 350 g/mol. The van der Waals surface area contributed by atoms with E-state index in [4.69, 9.17) is 26.5 Å². The van der Waals surface area contributed by atoms with Gasteiger partial charge in [-0.15, -0.1) is 0 Å². The molecule has 0 fully saturated rings. The molecule has 5 nitrogen and oxygen atoms in total. The highest BCUT2D eigenvalue weighted by Gasteiger charge is 2.35. The highest BCUT2D eigenvalue weighted by molar-refractivity contribution is 6.30. The zero-order chi connectivity index (χ0) is 17.6. The zero-order valence-corrected chi connectivity index (χ0v) is 13.6. The molecule has 1 aliphatic heterocycles. The Hall–Kier alpha value is -3.23. The quantitative estimate of drug-likeness (QED) is 0.676. The molecule has 0 amide bonds. The van der Waals surface area contributed by atoms with Crippen LogP contribution in [0.5, 0.6) is 5.75 Å². The van der Waals surface area contributed by atoms with Gasteiger partial charge in [0.1, 0.15) is 17.2 Å². The summed E-state index contributed by atoms with van der Waals surface area (Å²) >= 11 is 5.95. The second kappa shape index (κ2) is 5.69. The van der Waals surface area contributed by atoms with Gasteiger partial charge in [-0.25, -0.2) is 4.79 Å². The van der Waals surface area contributed by atoms with Crippen molar-refractivity contribution in [1.29, 1.82) is 5.26 Å². The van der Waals surface area contributed by atoms with E-state index in [9.17, 15) is 10.1 Å². The number of halogens is 1. The number of nitriles is 1. The first-order chi connectivity index (χ1) is 12.1. The third-order valence-corrected chi connectivity index (χ3v) is 4.43. The number of nitrogens with two attached hydrogens (primary N) is 1. The van der Waals surface area contributed by atoms with Gasteiger partial charge in [0.15, 0.2) is 5.75 Å². The molecular formula is C19H11ClN2O3. The van der Waals surface area contributed by atoms with Crippen LogP contribution in [0.4, 0.5) is 0 Å². The van der Waals surface area contributed by atoms with Crippen LogP contribution >= 0.6 is 11.6 Å². The van der Waals surface area contributed by atoms with Crippen molar-refractivity contribution in [2.45, 2.75) is 5.92 Å². The van der Waals surface area contributed by atoms with E-state index in [1.54, 1.807) is 42.5 Å². The third-order valence-electron chi connectivity index (χ3n) is 4.18. The highest BCUT2D eigenvalue weighted by Crippen LogP contribution is 2.43. The lowest BCUT2D eigenvalue weighted by atomic mass is 9.84. The number of fused-ring (bicyclic) bond motifs is 3. The maximum Gasteiger partial charge on any atom is 0.344 e. The summed E-state index contributed by atoms with van der Waals surface area (Å²) in [7, 11) is 0. The van der Waals surface area contributed by atoms with E-state index < -0.39 is 11.5 Å². The van der Waals surface area contributed by atoms with Crippen molar-refractivity contribution < 1.29 is 9.15 Å². The van der Waals surface area contributed by atoms with Gasteiger partial charge in [0.25, 0.3) is 0 Å². The van der Waals surface area contributed by atoms with Gasteiger partial charge in [-0.2, -0.15) is 5.26 Å². The van der Waals surface area contributed by atoms with E-state index in [-0.39, 0.29) is 17.0 Å². The number of nitrogens with zero attached hydrogens (tertiary/aromatic N) is 1. The molecule has 4 rings (SSSR count). The predicted octanol–water partition coefficient (Wildman–Crippen LogP) is 3.66. The molecule has 0 spiro atoms. The first-order valence-corrected chi connectivity index (χ1v) is 7.86. The average Bonchev–Trinajstić information content (AvgIpc) is 2.61. The smallest absolute Gasteiger partial charge is 0.344 e. The number of hydrogen-bond donors (Lipinski definition) is 1. The summed E-state index contributed by atoms with van der Waals surface area (Å²) < 4.78 is 11.1. The Labute approximate surface area is 147 Å². The van der Waals surface area contributed by atoms with Crippen LogP contribution in [0.2, 0.25) is 5.02 Å². The minimum Gasteiger partial charge on any atom is -0.439 e. The summed E-state index contributed by atoms with van der Waals surface area (Å²) in [6.45, 7) is 0. The number of para-hydroxylation sites is 1. The summed E-state index contributed by atoms with van der Waals surface area (Å²) in [6, 6.07) is 16.0. The van der Waals surface area contributed by atoms with Gasteiger partial charge >= 0.3 is 5.63 Å². The molecule has 25 heavy (non-hydrogen) atoms. The second-order valence-corrected chi connectivity index (χ2v) is 6.04. The van der Waals surface area contributed by atoms with Gasteiger partial charge in [-0.1, -0.05) is 35.9 Å². The van der Waals surface area contributed by atoms with Crippen LogP contribution in [-0.4, -0.2) is 0 Å². The topological polar surface area (TPSA) is 89.3 Å². The normalized spacial score (nSPS) is 16.2. The van der Waals surface area contributed by atoms with Gasteiger partial charge in [0, 0.05) is 5.02 Å². The van der Waals surface area contributed by atoms with Crippen molar-refractivity contribution in [3.05, 3.63) is 86.6 Å². The molecule has 2 heterocycles. The van der Waals surface area contributed by atoms with Gasteiger partial charge in [-0.3, -0.25) is 0 Å². The van der Waals surface area contributed by atoms with Crippen LogP contribution in [0, 0.1) is 11.3 Å². The SMILES string of the molecule is N#CC1=C(N)Oc2c(c(=O)oc3ccccc23)[C@@H]1c1ccc(Cl)cc1. The van der Waals surface area contributed by atoms with Crippen LogP contribution in [-0.2, 0) is 0 Å². The molecule has 0 aliphatic carbocycles. The summed E-state index contributed by atoms with van der Waals surface area (Å²) in [6.07, 6.45) is 0. The van der Waals surface area contributed by atoms with Crippen molar-refractivity contribution in [2.75, 3.05) is 0 Å². The molecular weight excluding hydrogens is 340 g/mol. The lowest BCUT2D eigenvalue weighted by molar-refractivity contribution is 0.388. The Balaban J connectivity index is 2.08. The Morgan fingerprint density at radius 3 is 2.56 bits per heavy atom. The lowest BCUT2D eigenvalue weighted by Crippen LogP contribution is -2.26. The van der Waals surface area contributed by atoms with Crippen molar-refractivity contribution in [3.63, 3.8) is 0 Å². The standard InChI is InChI=1S/C19H11ClN2O3/c20-11-7-5-10(6-8-11)15-13(9-21)18(22)25-17-12-3-1-2-4-14(12)24-19(23)16(15)17/h1-8,15H,22H2/t15-/m1/s1. The molecule has 1 aliphatic rings. The molecule has 1 atom stereocenters. The predicted molar refractivity (Wildman–Crippen MR) is 93.2 cm³/mol. The van der Waals surface area contributed by atoms with Crippen molar-refractivity contribution >= 4 is 22.6 Å². The van der Waals surface area contributed by atoms with Crippen LogP contribution in [0.15, 0.2) is 69.2 Å². The molecule has 0 bridgehead atoms. The first-order valence-electron chi connectivity index (χ1n) is 7.49. The number of ether oxygens (including phenoxy) is 1. The Morgan fingerprint density at radius 2 is 1.84 bits per heavy atom. The van der Waals surface area contributed by atoms with Crippen LogP contribution in [0.1, 0.15) is 17.0 Å². The summed E-state index contributed by atoms with van der Waals surface area (Å²) in [4.78, 5) is 12.7. The molecule has 1 aromatic heterocycles. The minimum atomic E-state index is -0.674. The molecule has 2 aromatic carbocycles. The van der Waals surface area contributed by atoms with Gasteiger partial charge in [0.05, 0.1) is 16.9 Å². The fraction of sp³-hybridized carbons (Fsp3) is 0.0526. The molecule has 3 aromatic rings. The molecule has 6 heteroatoms. The molecule has 0 radical (unpaired) electrons. The van der Waals surface area contributed by atoms with Crippen LogP contribution in [0.3, 0.4) is 0 Å². The van der Waals surface area contributed by atoms with E-state index in [0.717, 1.165) is 0 Å².